The molecule has 3 rings (SSSR count). The van der Waals surface area contributed by atoms with E-state index in [-0.39, 0.29) is 24.0 Å². The van der Waals surface area contributed by atoms with Crippen LogP contribution in [0.1, 0.15) is 16.8 Å². The van der Waals surface area contributed by atoms with Gasteiger partial charge in [-0.05, 0) is 43.5 Å². The molecule has 1 aromatic rings. The molecule has 1 N–H and O–H groups in total. The summed E-state index contributed by atoms with van der Waals surface area (Å²) >= 11 is 0. The van der Waals surface area contributed by atoms with Crippen molar-refractivity contribution >= 4 is 24.0 Å². The van der Waals surface area contributed by atoms with Crippen LogP contribution in [0.2, 0.25) is 0 Å². The summed E-state index contributed by atoms with van der Waals surface area (Å²) in [5, 5.41) is 14.0. The minimum Gasteiger partial charge on any atom is -0.338 e. The number of nitrogens with one attached hydrogen (secondary N) is 1. The van der Waals surface area contributed by atoms with E-state index in [0.29, 0.717) is 17.4 Å². The van der Waals surface area contributed by atoms with E-state index in [1.165, 1.54) is 12.1 Å². The quantitative estimate of drug-likeness (QED) is 0.666. The summed E-state index contributed by atoms with van der Waals surface area (Å²) in [5.41, 5.74) is 0.542. The van der Waals surface area contributed by atoms with E-state index < -0.39 is 4.92 Å². The Morgan fingerprint density at radius 2 is 1.90 bits per heavy atom. The molecule has 2 heterocycles. The fraction of sp³-hybridized carbons (Fsp3) is 0.500. The van der Waals surface area contributed by atoms with Crippen LogP contribution >= 0.6 is 12.4 Å². The number of likely N-dealkylation sites (tertiary alicyclic amines) is 1. The van der Waals surface area contributed by atoms with Crippen molar-refractivity contribution in [1.29, 1.82) is 0 Å². The van der Waals surface area contributed by atoms with Crippen LogP contribution in [0.5, 0.6) is 0 Å². The first-order chi connectivity index (χ1) is 9.65. The number of nitro groups is 1. The Hall–Kier alpha value is -1.66. The monoisotopic (exact) mass is 311 g/mol. The van der Waals surface area contributed by atoms with E-state index in [4.69, 9.17) is 0 Å². The molecule has 6 nitrogen and oxygen atoms in total. The predicted molar refractivity (Wildman–Crippen MR) is 80.7 cm³/mol. The number of benzene rings is 1. The van der Waals surface area contributed by atoms with Gasteiger partial charge in [-0.25, -0.2) is 0 Å². The number of amides is 1. The molecule has 2 saturated heterocycles. The number of carbonyl (C=O) groups excluding carboxylic acids is 1. The van der Waals surface area contributed by atoms with Gasteiger partial charge in [-0.1, -0.05) is 0 Å². The van der Waals surface area contributed by atoms with E-state index in [9.17, 15) is 14.9 Å². The largest absolute Gasteiger partial charge is 0.338 e. The lowest BCUT2D eigenvalue weighted by Crippen LogP contribution is -2.43. The van der Waals surface area contributed by atoms with Crippen LogP contribution in [-0.4, -0.2) is 41.9 Å². The lowest BCUT2D eigenvalue weighted by atomic mass is 9.88. The zero-order valence-electron chi connectivity index (χ0n) is 11.5. The molecule has 114 valence electrons. The summed E-state index contributed by atoms with van der Waals surface area (Å²) in [6.45, 7) is 3.60. The molecule has 21 heavy (non-hydrogen) atoms. The van der Waals surface area contributed by atoms with Gasteiger partial charge in [0, 0.05) is 30.8 Å². The van der Waals surface area contributed by atoms with Gasteiger partial charge in [0.05, 0.1) is 4.92 Å². The van der Waals surface area contributed by atoms with Crippen molar-refractivity contribution in [2.45, 2.75) is 6.42 Å². The molecule has 2 fully saturated rings. The molecule has 0 radical (unpaired) electrons. The Morgan fingerprint density at radius 1 is 1.24 bits per heavy atom. The summed E-state index contributed by atoms with van der Waals surface area (Å²) in [7, 11) is 0. The van der Waals surface area contributed by atoms with Gasteiger partial charge in [0.2, 0.25) is 0 Å². The van der Waals surface area contributed by atoms with Crippen LogP contribution in [-0.2, 0) is 0 Å². The number of piperidine rings is 1. The molecule has 2 unspecified atom stereocenters. The first kappa shape index (κ1) is 15.7. The topological polar surface area (TPSA) is 75.5 Å². The number of carbonyl (C=O) groups is 1. The summed E-state index contributed by atoms with van der Waals surface area (Å²) < 4.78 is 0. The third kappa shape index (κ3) is 3.16. The molecule has 0 spiro atoms. The Morgan fingerprint density at radius 3 is 2.57 bits per heavy atom. The van der Waals surface area contributed by atoms with E-state index >= 15 is 0 Å². The van der Waals surface area contributed by atoms with E-state index in [1.54, 1.807) is 12.1 Å². The van der Waals surface area contributed by atoms with E-state index in [2.05, 4.69) is 5.32 Å². The molecule has 0 aliphatic carbocycles. The second-order valence-corrected chi connectivity index (χ2v) is 5.52. The summed E-state index contributed by atoms with van der Waals surface area (Å²) in [4.78, 5) is 24.4. The first-order valence-electron chi connectivity index (χ1n) is 6.89. The minimum atomic E-state index is -0.454. The van der Waals surface area contributed by atoms with E-state index in [1.807, 2.05) is 4.90 Å². The Balaban J connectivity index is 0.00000161. The van der Waals surface area contributed by atoms with Crippen LogP contribution in [0.15, 0.2) is 24.3 Å². The number of rotatable bonds is 2. The Kier molecular flexibility index (Phi) is 4.80. The number of hydrogen-bond acceptors (Lipinski definition) is 4. The predicted octanol–water partition coefficient (Wildman–Crippen LogP) is 1.70. The van der Waals surface area contributed by atoms with Gasteiger partial charge in [-0.15, -0.1) is 12.4 Å². The van der Waals surface area contributed by atoms with Gasteiger partial charge in [-0.3, -0.25) is 14.9 Å². The lowest BCUT2D eigenvalue weighted by molar-refractivity contribution is -0.384. The van der Waals surface area contributed by atoms with Crippen LogP contribution in [0.25, 0.3) is 0 Å². The second-order valence-electron chi connectivity index (χ2n) is 5.52. The molecular formula is C14H18ClN3O3. The molecule has 0 bridgehead atoms. The highest BCUT2D eigenvalue weighted by Gasteiger charge is 2.34. The number of nitrogens with zero attached hydrogens (tertiary/aromatic N) is 2. The summed E-state index contributed by atoms with van der Waals surface area (Å²) in [6.07, 6.45) is 1.04. The molecule has 2 aliphatic rings. The van der Waals surface area contributed by atoms with Gasteiger partial charge in [0.1, 0.15) is 0 Å². The zero-order valence-corrected chi connectivity index (χ0v) is 12.3. The third-order valence-electron chi connectivity index (χ3n) is 4.32. The van der Waals surface area contributed by atoms with Crippen molar-refractivity contribution < 1.29 is 9.72 Å². The number of nitro benzene ring substituents is 1. The smallest absolute Gasteiger partial charge is 0.269 e. The Labute approximate surface area is 129 Å². The van der Waals surface area contributed by atoms with Crippen molar-refractivity contribution in [2.24, 2.45) is 11.8 Å². The normalized spacial score (nSPS) is 24.1. The molecule has 1 aromatic carbocycles. The molecular weight excluding hydrogens is 294 g/mol. The summed E-state index contributed by atoms with van der Waals surface area (Å²) in [6, 6.07) is 5.85. The second kappa shape index (κ2) is 6.41. The maximum atomic E-state index is 12.4. The highest BCUT2D eigenvalue weighted by atomic mass is 35.5. The number of fused-ring (bicyclic) bond motifs is 1. The van der Waals surface area contributed by atoms with Crippen LogP contribution in [0.3, 0.4) is 0 Å². The number of non-ortho nitro benzene ring substituents is 1. The molecule has 7 heteroatoms. The average Bonchev–Trinajstić information content (AvgIpc) is 2.94. The van der Waals surface area contributed by atoms with E-state index in [0.717, 1.165) is 32.6 Å². The fourth-order valence-electron chi connectivity index (χ4n) is 3.13. The highest BCUT2D eigenvalue weighted by molar-refractivity contribution is 5.94. The maximum absolute atomic E-state index is 12.4. The number of hydrogen-bond donors (Lipinski definition) is 1. The first-order valence-corrected chi connectivity index (χ1v) is 6.89. The molecule has 1 amide bonds. The molecule has 0 saturated carbocycles. The van der Waals surface area contributed by atoms with Gasteiger partial charge in [0.15, 0.2) is 0 Å². The van der Waals surface area contributed by atoms with Gasteiger partial charge in [0.25, 0.3) is 11.6 Å². The zero-order chi connectivity index (χ0) is 14.1. The third-order valence-corrected chi connectivity index (χ3v) is 4.32. The lowest BCUT2D eigenvalue weighted by Gasteiger charge is -2.34. The van der Waals surface area contributed by atoms with Crippen molar-refractivity contribution in [1.82, 2.24) is 10.2 Å². The van der Waals surface area contributed by atoms with Crippen molar-refractivity contribution in [3.05, 3.63) is 39.9 Å². The summed E-state index contributed by atoms with van der Waals surface area (Å²) in [5.74, 6) is 1.21. The molecule has 0 aromatic heterocycles. The molecule has 2 atom stereocenters. The van der Waals surface area contributed by atoms with Crippen LogP contribution in [0.4, 0.5) is 5.69 Å². The van der Waals surface area contributed by atoms with Gasteiger partial charge in [-0.2, -0.15) is 0 Å². The van der Waals surface area contributed by atoms with Crippen molar-refractivity contribution in [3.8, 4) is 0 Å². The SMILES string of the molecule is Cl.O=C(c1ccc([N+](=O)[O-])cc1)N1CCC2CNCC2C1. The van der Waals surface area contributed by atoms with Gasteiger partial charge < -0.3 is 10.2 Å². The standard InChI is InChI=1S/C14H17N3O3.ClH/c18-14(10-1-3-13(4-2-10)17(19)20)16-6-5-11-7-15-8-12(11)9-16;/h1-4,11-12,15H,5-9H2;1H. The highest BCUT2D eigenvalue weighted by Crippen LogP contribution is 2.27. The van der Waals surface area contributed by atoms with Crippen molar-refractivity contribution in [3.63, 3.8) is 0 Å². The van der Waals surface area contributed by atoms with Crippen LogP contribution < -0.4 is 5.32 Å². The Bertz CT molecular complexity index is 535. The number of halogens is 1. The molecule has 2 aliphatic heterocycles. The van der Waals surface area contributed by atoms with Crippen LogP contribution in [0, 0.1) is 22.0 Å². The van der Waals surface area contributed by atoms with Gasteiger partial charge >= 0.3 is 0 Å². The fourth-order valence-corrected chi connectivity index (χ4v) is 3.13. The van der Waals surface area contributed by atoms with Crippen molar-refractivity contribution in [2.75, 3.05) is 26.2 Å². The minimum absolute atomic E-state index is 0. The maximum Gasteiger partial charge on any atom is 0.269 e. The average molecular weight is 312 g/mol.